The number of hydrogen-bond donors (Lipinski definition) is 3. The van der Waals surface area contributed by atoms with Crippen LogP contribution in [0.3, 0.4) is 0 Å². The van der Waals surface area contributed by atoms with Gasteiger partial charge in [-0.3, -0.25) is 4.79 Å². The molecule has 0 aliphatic rings. The molecule has 4 rings (SSSR count). The number of nitrogens with one attached hydrogen (secondary N) is 3. The number of carbonyl (C=O) groups is 2. The second-order valence-electron chi connectivity index (χ2n) is 8.86. The number of H-pyrrole nitrogens is 1. The van der Waals surface area contributed by atoms with E-state index in [1.807, 2.05) is 68.4 Å². The molecule has 1 heterocycles. The van der Waals surface area contributed by atoms with Crippen LogP contribution in [-0.4, -0.2) is 35.0 Å². The zero-order valence-electron chi connectivity index (χ0n) is 20.2. The molecule has 7 nitrogen and oxygen atoms in total. The van der Waals surface area contributed by atoms with Crippen molar-refractivity contribution in [2.24, 2.45) is 5.92 Å². The number of amides is 1. The number of hydrogen-bond acceptors (Lipinski definition) is 5. The first kappa shape index (κ1) is 24.0. The van der Waals surface area contributed by atoms with Crippen molar-refractivity contribution in [1.82, 2.24) is 15.3 Å². The van der Waals surface area contributed by atoms with Gasteiger partial charge in [-0.1, -0.05) is 56.3 Å². The molecule has 3 N–H and O–H groups in total. The first-order valence-electron chi connectivity index (χ1n) is 11.7. The molecule has 180 valence electrons. The van der Waals surface area contributed by atoms with Gasteiger partial charge in [0.1, 0.15) is 11.9 Å². The standard InChI is InChI=1S/C28H30N4O3/c1-18(2)15-25(28(34)35-3)32-27(33)23-12-11-20(31-17-26-29-13-14-30-26)16-24(23)22-10-6-8-19-7-4-5-9-21(19)22/h4-14,16,18,25,31H,15,17H2,1-3H3,(H,29,30)(H,32,33)/t25-/m0/s1. The summed E-state index contributed by atoms with van der Waals surface area (Å²) in [5.74, 6) is 0.260. The second-order valence-corrected chi connectivity index (χ2v) is 8.86. The Kier molecular flexibility index (Phi) is 7.45. The number of esters is 1. The van der Waals surface area contributed by atoms with Gasteiger partial charge in [-0.15, -0.1) is 0 Å². The molecule has 4 aromatic rings. The maximum atomic E-state index is 13.5. The number of rotatable bonds is 9. The lowest BCUT2D eigenvalue weighted by molar-refractivity contribution is -0.143. The van der Waals surface area contributed by atoms with Crippen LogP contribution in [0.25, 0.3) is 21.9 Å². The van der Waals surface area contributed by atoms with Crippen LogP contribution in [0, 0.1) is 5.92 Å². The van der Waals surface area contributed by atoms with E-state index in [1.54, 1.807) is 18.5 Å². The number of ether oxygens (including phenoxy) is 1. The van der Waals surface area contributed by atoms with Gasteiger partial charge in [0.15, 0.2) is 0 Å². The van der Waals surface area contributed by atoms with E-state index in [-0.39, 0.29) is 11.8 Å². The third-order valence-electron chi connectivity index (χ3n) is 5.86. The Hall–Kier alpha value is -4.13. The predicted molar refractivity (Wildman–Crippen MR) is 138 cm³/mol. The molecule has 0 aliphatic carbocycles. The molecule has 0 spiro atoms. The average molecular weight is 471 g/mol. The van der Waals surface area contributed by atoms with Crippen LogP contribution in [0.4, 0.5) is 5.69 Å². The number of imidazole rings is 1. The molecule has 1 aromatic heterocycles. The topological polar surface area (TPSA) is 96.1 Å². The molecule has 0 aliphatic heterocycles. The molecule has 0 bridgehead atoms. The third-order valence-corrected chi connectivity index (χ3v) is 5.86. The van der Waals surface area contributed by atoms with Crippen molar-refractivity contribution in [3.05, 3.63) is 84.4 Å². The van der Waals surface area contributed by atoms with Gasteiger partial charge >= 0.3 is 5.97 Å². The smallest absolute Gasteiger partial charge is 0.328 e. The Bertz CT molecular complexity index is 1310. The summed E-state index contributed by atoms with van der Waals surface area (Å²) >= 11 is 0. The first-order valence-corrected chi connectivity index (χ1v) is 11.7. The number of methoxy groups -OCH3 is 1. The van der Waals surface area contributed by atoms with Gasteiger partial charge in [-0.05, 0) is 52.4 Å². The van der Waals surface area contributed by atoms with E-state index in [4.69, 9.17) is 4.74 Å². The number of aromatic amines is 1. The summed E-state index contributed by atoms with van der Waals surface area (Å²) < 4.78 is 4.94. The quantitative estimate of drug-likeness (QED) is 0.294. The SMILES string of the molecule is COC(=O)[C@H](CC(C)C)NC(=O)c1ccc(NCc2ncc[nH]2)cc1-c1cccc2ccccc12. The highest BCUT2D eigenvalue weighted by Gasteiger charge is 2.25. The van der Waals surface area contributed by atoms with Gasteiger partial charge in [0.25, 0.3) is 5.91 Å². The van der Waals surface area contributed by atoms with E-state index in [9.17, 15) is 9.59 Å². The number of nitrogens with zero attached hydrogens (tertiary/aromatic N) is 1. The Morgan fingerprint density at radius 3 is 2.57 bits per heavy atom. The average Bonchev–Trinajstić information content (AvgIpc) is 3.39. The van der Waals surface area contributed by atoms with E-state index in [2.05, 4.69) is 20.6 Å². The summed E-state index contributed by atoms with van der Waals surface area (Å²) in [5, 5.41) is 8.39. The van der Waals surface area contributed by atoms with Crippen molar-refractivity contribution in [3.63, 3.8) is 0 Å². The maximum absolute atomic E-state index is 13.5. The molecule has 7 heteroatoms. The van der Waals surface area contributed by atoms with Crippen molar-refractivity contribution in [2.75, 3.05) is 12.4 Å². The van der Waals surface area contributed by atoms with Crippen molar-refractivity contribution < 1.29 is 14.3 Å². The second kappa shape index (κ2) is 10.9. The lowest BCUT2D eigenvalue weighted by Gasteiger charge is -2.20. The number of benzene rings is 3. The summed E-state index contributed by atoms with van der Waals surface area (Å²) in [6.45, 7) is 4.53. The van der Waals surface area contributed by atoms with Crippen molar-refractivity contribution >= 4 is 28.3 Å². The Morgan fingerprint density at radius 2 is 1.83 bits per heavy atom. The van der Waals surface area contributed by atoms with E-state index in [1.165, 1.54) is 7.11 Å². The van der Waals surface area contributed by atoms with Gasteiger partial charge in [-0.25, -0.2) is 9.78 Å². The summed E-state index contributed by atoms with van der Waals surface area (Å²) in [5.41, 5.74) is 3.06. The van der Waals surface area contributed by atoms with Crippen molar-refractivity contribution in [3.8, 4) is 11.1 Å². The summed E-state index contributed by atoms with van der Waals surface area (Å²) in [6.07, 6.45) is 3.98. The van der Waals surface area contributed by atoms with Crippen LogP contribution in [0.5, 0.6) is 0 Å². The van der Waals surface area contributed by atoms with Crippen molar-refractivity contribution in [1.29, 1.82) is 0 Å². The molecule has 0 saturated heterocycles. The predicted octanol–water partition coefficient (Wildman–Crippen LogP) is 5.16. The van der Waals surface area contributed by atoms with Gasteiger partial charge in [0, 0.05) is 23.6 Å². The minimum Gasteiger partial charge on any atom is -0.467 e. The Balaban J connectivity index is 1.74. The Morgan fingerprint density at radius 1 is 1.03 bits per heavy atom. The number of fused-ring (bicyclic) bond motifs is 1. The molecule has 1 amide bonds. The lowest BCUT2D eigenvalue weighted by Crippen LogP contribution is -2.42. The molecule has 0 fully saturated rings. The monoisotopic (exact) mass is 470 g/mol. The molecule has 0 saturated carbocycles. The normalized spacial score (nSPS) is 11.9. The van der Waals surface area contributed by atoms with Crippen LogP contribution in [-0.2, 0) is 16.1 Å². The minimum atomic E-state index is -0.718. The number of anilines is 1. The van der Waals surface area contributed by atoms with E-state index >= 15 is 0 Å². The van der Waals surface area contributed by atoms with E-state index in [0.717, 1.165) is 33.4 Å². The van der Waals surface area contributed by atoms with Gasteiger partial charge in [-0.2, -0.15) is 0 Å². The summed E-state index contributed by atoms with van der Waals surface area (Å²) in [4.78, 5) is 33.2. The number of aromatic nitrogens is 2. The number of carbonyl (C=O) groups excluding carboxylic acids is 2. The van der Waals surface area contributed by atoms with Crippen LogP contribution >= 0.6 is 0 Å². The minimum absolute atomic E-state index is 0.213. The fourth-order valence-electron chi connectivity index (χ4n) is 4.18. The van der Waals surface area contributed by atoms with Crippen LogP contribution in [0.1, 0.15) is 36.5 Å². The van der Waals surface area contributed by atoms with E-state index < -0.39 is 12.0 Å². The van der Waals surface area contributed by atoms with Gasteiger partial charge in [0.05, 0.1) is 13.7 Å². The highest BCUT2D eigenvalue weighted by Crippen LogP contribution is 2.33. The van der Waals surface area contributed by atoms with E-state index in [0.29, 0.717) is 18.5 Å². The molecule has 35 heavy (non-hydrogen) atoms. The van der Waals surface area contributed by atoms with Crippen molar-refractivity contribution in [2.45, 2.75) is 32.9 Å². The zero-order chi connectivity index (χ0) is 24.8. The largest absolute Gasteiger partial charge is 0.467 e. The highest BCUT2D eigenvalue weighted by molar-refractivity contribution is 6.07. The maximum Gasteiger partial charge on any atom is 0.328 e. The highest BCUT2D eigenvalue weighted by atomic mass is 16.5. The fourth-order valence-corrected chi connectivity index (χ4v) is 4.18. The van der Waals surface area contributed by atoms with Crippen LogP contribution in [0.15, 0.2) is 73.1 Å². The molecule has 0 unspecified atom stereocenters. The molecule has 0 radical (unpaired) electrons. The zero-order valence-corrected chi connectivity index (χ0v) is 20.2. The lowest BCUT2D eigenvalue weighted by atomic mass is 9.93. The third kappa shape index (κ3) is 5.69. The molecule has 1 atom stereocenters. The summed E-state index contributed by atoms with van der Waals surface area (Å²) in [7, 11) is 1.34. The first-order chi connectivity index (χ1) is 17.0. The molecular formula is C28H30N4O3. The molecule has 3 aromatic carbocycles. The summed E-state index contributed by atoms with van der Waals surface area (Å²) in [6, 6.07) is 19.0. The van der Waals surface area contributed by atoms with Crippen LogP contribution in [0.2, 0.25) is 0 Å². The van der Waals surface area contributed by atoms with Crippen LogP contribution < -0.4 is 10.6 Å². The van der Waals surface area contributed by atoms with Gasteiger partial charge < -0.3 is 20.4 Å². The van der Waals surface area contributed by atoms with Gasteiger partial charge in [0.2, 0.25) is 0 Å². The molecular weight excluding hydrogens is 440 g/mol. The fraction of sp³-hybridized carbons (Fsp3) is 0.250. The Labute approximate surface area is 204 Å².